The molecule has 3 N–H and O–H groups in total. The molecule has 1 unspecified atom stereocenters. The lowest BCUT2D eigenvalue weighted by atomic mass is 10.0. The van der Waals surface area contributed by atoms with Gasteiger partial charge in [-0.3, -0.25) is 14.6 Å². The first-order valence-electron chi connectivity index (χ1n) is 8.05. The molecule has 126 valence electrons. The fraction of sp³-hybridized carbons (Fsp3) is 0.150. The molecule has 0 saturated carbocycles. The quantitative estimate of drug-likeness (QED) is 0.752. The van der Waals surface area contributed by atoms with Crippen LogP contribution in [0.3, 0.4) is 0 Å². The van der Waals surface area contributed by atoms with Crippen molar-refractivity contribution in [2.75, 3.05) is 0 Å². The van der Waals surface area contributed by atoms with Gasteiger partial charge in [0.25, 0.3) is 5.91 Å². The highest BCUT2D eigenvalue weighted by molar-refractivity contribution is 6.06. The Balaban J connectivity index is 1.87. The van der Waals surface area contributed by atoms with E-state index in [1.54, 1.807) is 12.1 Å². The molecule has 2 aromatic carbocycles. The monoisotopic (exact) mass is 333 g/mol. The number of nitrogens with one attached hydrogen (secondary N) is 1. The van der Waals surface area contributed by atoms with Crippen LogP contribution in [0.1, 0.15) is 21.6 Å². The number of nitrogens with zero attached hydrogens (tertiary/aromatic N) is 1. The third-order valence-electron chi connectivity index (χ3n) is 4.04. The molecule has 0 aliphatic rings. The molecule has 1 aromatic heterocycles. The standard InChI is InChI=1S/C20H19N3O2/c1-13-10-11-15-8-5-9-16(18(15)22-13)20(25)23-17(19(21)24)12-14-6-3-2-4-7-14/h2-11,17H,12H2,1H3,(H2,21,24)(H,23,25). The molecule has 0 bridgehead atoms. The van der Waals surface area contributed by atoms with Crippen molar-refractivity contribution in [2.45, 2.75) is 19.4 Å². The number of primary amides is 1. The van der Waals surface area contributed by atoms with Gasteiger partial charge in [-0.25, -0.2) is 0 Å². The minimum absolute atomic E-state index is 0.346. The number of pyridine rings is 1. The Labute approximate surface area is 145 Å². The van der Waals surface area contributed by atoms with Gasteiger partial charge in [0.2, 0.25) is 5.91 Å². The summed E-state index contributed by atoms with van der Waals surface area (Å²) in [4.78, 5) is 29.0. The van der Waals surface area contributed by atoms with Crippen molar-refractivity contribution < 1.29 is 9.59 Å². The highest BCUT2D eigenvalue weighted by Crippen LogP contribution is 2.17. The van der Waals surface area contributed by atoms with E-state index in [1.807, 2.05) is 55.5 Å². The van der Waals surface area contributed by atoms with Crippen molar-refractivity contribution in [3.63, 3.8) is 0 Å². The zero-order valence-corrected chi connectivity index (χ0v) is 13.9. The van der Waals surface area contributed by atoms with Crippen LogP contribution in [0.2, 0.25) is 0 Å². The maximum absolute atomic E-state index is 12.7. The molecule has 5 nitrogen and oxygen atoms in total. The number of benzene rings is 2. The van der Waals surface area contributed by atoms with Gasteiger partial charge >= 0.3 is 0 Å². The number of amides is 2. The van der Waals surface area contributed by atoms with Crippen LogP contribution >= 0.6 is 0 Å². The number of nitrogens with two attached hydrogens (primary N) is 1. The van der Waals surface area contributed by atoms with Crippen molar-refractivity contribution in [3.05, 3.63) is 77.5 Å². The second-order valence-electron chi connectivity index (χ2n) is 5.95. The summed E-state index contributed by atoms with van der Waals surface area (Å²) in [6.45, 7) is 1.87. The molecule has 3 rings (SSSR count). The van der Waals surface area contributed by atoms with E-state index in [1.165, 1.54) is 0 Å². The summed E-state index contributed by atoms with van der Waals surface area (Å²) < 4.78 is 0. The Bertz CT molecular complexity index is 923. The first kappa shape index (κ1) is 16.6. The second-order valence-corrected chi connectivity index (χ2v) is 5.95. The predicted molar refractivity (Wildman–Crippen MR) is 97.1 cm³/mol. The van der Waals surface area contributed by atoms with E-state index >= 15 is 0 Å². The lowest BCUT2D eigenvalue weighted by molar-refractivity contribution is -0.119. The van der Waals surface area contributed by atoms with Crippen LogP contribution in [0.15, 0.2) is 60.7 Å². The summed E-state index contributed by atoms with van der Waals surface area (Å²) in [5, 5.41) is 3.61. The lowest BCUT2D eigenvalue weighted by Crippen LogP contribution is -2.45. The molecule has 3 aromatic rings. The molecule has 0 radical (unpaired) electrons. The molecule has 0 aliphatic heterocycles. The summed E-state index contributed by atoms with van der Waals surface area (Å²) in [7, 11) is 0. The average Bonchev–Trinajstić information content (AvgIpc) is 2.61. The van der Waals surface area contributed by atoms with Gasteiger partial charge in [-0.2, -0.15) is 0 Å². The van der Waals surface area contributed by atoms with E-state index in [0.717, 1.165) is 16.6 Å². The number of para-hydroxylation sites is 1. The Kier molecular flexibility index (Phi) is 4.75. The first-order valence-corrected chi connectivity index (χ1v) is 8.05. The Morgan fingerprint density at radius 2 is 1.80 bits per heavy atom. The maximum atomic E-state index is 12.7. The molecule has 5 heteroatoms. The predicted octanol–water partition coefficient (Wildman–Crippen LogP) is 2.37. The van der Waals surface area contributed by atoms with Crippen LogP contribution in [-0.2, 0) is 11.2 Å². The van der Waals surface area contributed by atoms with Crippen molar-refractivity contribution in [1.29, 1.82) is 0 Å². The fourth-order valence-corrected chi connectivity index (χ4v) is 2.74. The molecule has 1 atom stereocenters. The van der Waals surface area contributed by atoms with Crippen LogP contribution in [0, 0.1) is 6.92 Å². The van der Waals surface area contributed by atoms with Gasteiger partial charge in [0.15, 0.2) is 0 Å². The lowest BCUT2D eigenvalue weighted by Gasteiger charge is -2.16. The van der Waals surface area contributed by atoms with Crippen molar-refractivity contribution in [1.82, 2.24) is 10.3 Å². The SMILES string of the molecule is Cc1ccc2cccc(C(=O)NC(Cc3ccccc3)C(N)=O)c2n1. The number of rotatable bonds is 5. The van der Waals surface area contributed by atoms with Crippen molar-refractivity contribution >= 4 is 22.7 Å². The van der Waals surface area contributed by atoms with Gasteiger partial charge in [-0.15, -0.1) is 0 Å². The number of hydrogen-bond donors (Lipinski definition) is 2. The molecular formula is C20H19N3O2. The van der Waals surface area contributed by atoms with Crippen LogP contribution in [0.25, 0.3) is 10.9 Å². The van der Waals surface area contributed by atoms with Gasteiger partial charge in [0.05, 0.1) is 11.1 Å². The number of carbonyl (C=O) groups excluding carboxylic acids is 2. The van der Waals surface area contributed by atoms with Crippen LogP contribution < -0.4 is 11.1 Å². The van der Waals surface area contributed by atoms with E-state index < -0.39 is 11.9 Å². The topological polar surface area (TPSA) is 85.1 Å². The summed E-state index contributed by atoms with van der Waals surface area (Å²) in [5.41, 5.74) is 8.28. The maximum Gasteiger partial charge on any atom is 0.254 e. The summed E-state index contributed by atoms with van der Waals surface area (Å²) in [6.07, 6.45) is 0.346. The van der Waals surface area contributed by atoms with Crippen LogP contribution in [0.5, 0.6) is 0 Å². The largest absolute Gasteiger partial charge is 0.368 e. The highest BCUT2D eigenvalue weighted by atomic mass is 16.2. The minimum atomic E-state index is -0.782. The number of hydrogen-bond acceptors (Lipinski definition) is 3. The molecule has 25 heavy (non-hydrogen) atoms. The van der Waals surface area contributed by atoms with Gasteiger partial charge in [0.1, 0.15) is 6.04 Å². The number of carbonyl (C=O) groups is 2. The highest BCUT2D eigenvalue weighted by Gasteiger charge is 2.21. The van der Waals surface area contributed by atoms with Crippen molar-refractivity contribution in [2.24, 2.45) is 5.73 Å². The molecule has 0 saturated heterocycles. The van der Waals surface area contributed by atoms with Gasteiger partial charge < -0.3 is 11.1 Å². The zero-order chi connectivity index (χ0) is 17.8. The normalized spacial score (nSPS) is 11.9. The average molecular weight is 333 g/mol. The summed E-state index contributed by atoms with van der Waals surface area (Å²) in [6, 6.07) is 17.9. The van der Waals surface area contributed by atoms with Gasteiger partial charge in [-0.1, -0.05) is 48.5 Å². The fourth-order valence-electron chi connectivity index (χ4n) is 2.74. The Morgan fingerprint density at radius 1 is 1.04 bits per heavy atom. The molecule has 1 heterocycles. The molecule has 2 amide bonds. The van der Waals surface area contributed by atoms with E-state index in [4.69, 9.17) is 5.73 Å². The second kappa shape index (κ2) is 7.13. The smallest absolute Gasteiger partial charge is 0.254 e. The third kappa shape index (κ3) is 3.83. The molecule has 0 spiro atoms. The van der Waals surface area contributed by atoms with Crippen LogP contribution in [-0.4, -0.2) is 22.8 Å². The Hall–Kier alpha value is -3.21. The van der Waals surface area contributed by atoms with E-state index in [9.17, 15) is 9.59 Å². The minimum Gasteiger partial charge on any atom is -0.368 e. The van der Waals surface area contributed by atoms with Gasteiger partial charge in [0, 0.05) is 17.5 Å². The number of aromatic nitrogens is 1. The third-order valence-corrected chi connectivity index (χ3v) is 4.04. The number of fused-ring (bicyclic) bond motifs is 1. The molecule has 0 aliphatic carbocycles. The summed E-state index contributed by atoms with van der Waals surface area (Å²) >= 11 is 0. The Morgan fingerprint density at radius 3 is 2.52 bits per heavy atom. The zero-order valence-electron chi connectivity index (χ0n) is 13.9. The van der Waals surface area contributed by atoms with Gasteiger partial charge in [-0.05, 0) is 24.6 Å². The van der Waals surface area contributed by atoms with E-state index in [-0.39, 0.29) is 5.91 Å². The number of aryl methyl sites for hydroxylation is 1. The van der Waals surface area contributed by atoms with E-state index in [2.05, 4.69) is 10.3 Å². The molecule has 0 fully saturated rings. The molecular weight excluding hydrogens is 314 g/mol. The first-order chi connectivity index (χ1) is 12.0. The van der Waals surface area contributed by atoms with E-state index in [0.29, 0.717) is 17.5 Å². The van der Waals surface area contributed by atoms with Crippen molar-refractivity contribution in [3.8, 4) is 0 Å². The van der Waals surface area contributed by atoms with Crippen LogP contribution in [0.4, 0.5) is 0 Å². The summed E-state index contributed by atoms with van der Waals surface area (Å²) in [5.74, 6) is -0.926.